The normalized spacial score (nSPS) is 18.5. The average Bonchev–Trinajstić information content (AvgIpc) is 2.40. The highest BCUT2D eigenvalue weighted by molar-refractivity contribution is 5.19. The highest BCUT2D eigenvalue weighted by Gasteiger charge is 2.19. The van der Waals surface area contributed by atoms with Crippen LogP contribution < -0.4 is 5.73 Å². The van der Waals surface area contributed by atoms with E-state index in [1.54, 1.807) is 7.11 Å². The number of aromatic nitrogens is 1. The Kier molecular flexibility index (Phi) is 4.48. The van der Waals surface area contributed by atoms with Gasteiger partial charge in [-0.3, -0.25) is 9.88 Å². The van der Waals surface area contributed by atoms with Gasteiger partial charge in [-0.1, -0.05) is 6.07 Å². The van der Waals surface area contributed by atoms with Gasteiger partial charge in [0.25, 0.3) is 0 Å². The van der Waals surface area contributed by atoms with Gasteiger partial charge in [0.2, 0.25) is 0 Å². The van der Waals surface area contributed by atoms with Crippen molar-refractivity contribution >= 4 is 0 Å². The summed E-state index contributed by atoms with van der Waals surface area (Å²) in [5, 5.41) is 0. The smallest absolute Gasteiger partial charge is 0.0595 e. The Bertz CT molecular complexity index is 348. The molecule has 1 aromatic heterocycles. The second kappa shape index (κ2) is 6.10. The van der Waals surface area contributed by atoms with E-state index >= 15 is 0 Å². The Hall–Kier alpha value is -0.970. The summed E-state index contributed by atoms with van der Waals surface area (Å²) in [4.78, 5) is 6.77. The Labute approximate surface area is 103 Å². The maximum Gasteiger partial charge on any atom is 0.0595 e. The number of hydrogen-bond donors (Lipinski definition) is 1. The second-order valence-electron chi connectivity index (χ2n) is 4.52. The minimum absolute atomic E-state index is 0.439. The highest BCUT2D eigenvalue weighted by atomic mass is 16.5. The van der Waals surface area contributed by atoms with Crippen LogP contribution in [0.3, 0.4) is 0 Å². The number of hydrogen-bond acceptors (Lipinski definition) is 4. The number of nitrogens with zero attached hydrogens (tertiary/aromatic N) is 2. The van der Waals surface area contributed by atoms with Crippen LogP contribution in [-0.4, -0.2) is 36.2 Å². The van der Waals surface area contributed by atoms with E-state index in [4.69, 9.17) is 10.5 Å². The van der Waals surface area contributed by atoms with Crippen LogP contribution in [0.1, 0.15) is 24.1 Å². The molecule has 1 fully saturated rings. The molecule has 1 aliphatic rings. The van der Waals surface area contributed by atoms with Crippen molar-refractivity contribution in [3.05, 3.63) is 29.6 Å². The summed E-state index contributed by atoms with van der Waals surface area (Å²) < 4.78 is 5.38. The molecule has 0 bridgehead atoms. The van der Waals surface area contributed by atoms with Gasteiger partial charge in [0.05, 0.1) is 11.8 Å². The SMILES string of the molecule is COC1CCN(Cc2cccnc2CN)CC1. The molecule has 0 saturated carbocycles. The molecule has 0 amide bonds. The van der Waals surface area contributed by atoms with Gasteiger partial charge in [-0.15, -0.1) is 0 Å². The van der Waals surface area contributed by atoms with Crippen LogP contribution >= 0.6 is 0 Å². The molecule has 1 saturated heterocycles. The van der Waals surface area contributed by atoms with E-state index < -0.39 is 0 Å². The molecule has 2 rings (SSSR count). The van der Waals surface area contributed by atoms with Crippen molar-refractivity contribution in [2.45, 2.75) is 32.0 Å². The molecule has 94 valence electrons. The molecule has 0 aromatic carbocycles. The van der Waals surface area contributed by atoms with E-state index in [0.717, 1.165) is 38.2 Å². The third-order valence-corrected chi connectivity index (χ3v) is 3.44. The van der Waals surface area contributed by atoms with E-state index in [0.29, 0.717) is 12.6 Å². The van der Waals surface area contributed by atoms with Crippen LogP contribution in [0.4, 0.5) is 0 Å². The average molecular weight is 235 g/mol. The van der Waals surface area contributed by atoms with Gasteiger partial charge in [0, 0.05) is 39.5 Å². The summed E-state index contributed by atoms with van der Waals surface area (Å²) in [6.07, 6.45) is 4.49. The fraction of sp³-hybridized carbons (Fsp3) is 0.615. The molecule has 0 unspecified atom stereocenters. The zero-order valence-corrected chi connectivity index (χ0v) is 10.4. The lowest BCUT2D eigenvalue weighted by Gasteiger charge is -2.31. The first-order valence-electron chi connectivity index (χ1n) is 6.21. The summed E-state index contributed by atoms with van der Waals surface area (Å²) in [6.45, 7) is 3.66. The Balaban J connectivity index is 1.93. The molecule has 0 atom stereocenters. The van der Waals surface area contributed by atoms with Crippen LogP contribution in [0.5, 0.6) is 0 Å². The third-order valence-electron chi connectivity index (χ3n) is 3.44. The van der Waals surface area contributed by atoms with Crippen molar-refractivity contribution in [2.24, 2.45) is 5.73 Å². The van der Waals surface area contributed by atoms with Gasteiger partial charge in [-0.25, -0.2) is 0 Å². The zero-order valence-electron chi connectivity index (χ0n) is 10.4. The lowest BCUT2D eigenvalue weighted by Crippen LogP contribution is -2.36. The standard InChI is InChI=1S/C13H21N3O/c1-17-12-4-7-16(8-5-12)10-11-3-2-6-15-13(11)9-14/h2-3,6,12H,4-5,7-10,14H2,1H3. The predicted molar refractivity (Wildman–Crippen MR) is 67.4 cm³/mol. The molecular weight excluding hydrogens is 214 g/mol. The van der Waals surface area contributed by atoms with Crippen LogP contribution in [0.25, 0.3) is 0 Å². The molecule has 0 radical (unpaired) electrons. The van der Waals surface area contributed by atoms with E-state index in [9.17, 15) is 0 Å². The minimum atomic E-state index is 0.439. The number of nitrogens with two attached hydrogens (primary N) is 1. The second-order valence-corrected chi connectivity index (χ2v) is 4.52. The van der Waals surface area contributed by atoms with E-state index in [2.05, 4.69) is 16.0 Å². The lowest BCUT2D eigenvalue weighted by molar-refractivity contribution is 0.0387. The fourth-order valence-electron chi connectivity index (χ4n) is 2.34. The van der Waals surface area contributed by atoms with Crippen LogP contribution in [0, 0.1) is 0 Å². The van der Waals surface area contributed by atoms with Gasteiger partial charge in [-0.05, 0) is 24.5 Å². The summed E-state index contributed by atoms with van der Waals surface area (Å²) in [5.41, 5.74) is 7.97. The number of pyridine rings is 1. The van der Waals surface area contributed by atoms with Crippen molar-refractivity contribution in [3.8, 4) is 0 Å². The molecular formula is C13H21N3O. The molecule has 17 heavy (non-hydrogen) atoms. The van der Waals surface area contributed by atoms with Gasteiger partial charge < -0.3 is 10.5 Å². The molecule has 0 aliphatic carbocycles. The van der Waals surface area contributed by atoms with Gasteiger partial charge in [0.15, 0.2) is 0 Å². The maximum atomic E-state index is 5.70. The van der Waals surface area contributed by atoms with E-state index in [-0.39, 0.29) is 0 Å². The summed E-state index contributed by atoms with van der Waals surface area (Å²) >= 11 is 0. The number of likely N-dealkylation sites (tertiary alicyclic amines) is 1. The predicted octanol–water partition coefficient (Wildman–Crippen LogP) is 1.15. The molecule has 1 aromatic rings. The first-order chi connectivity index (χ1) is 8.33. The lowest BCUT2D eigenvalue weighted by atomic mass is 10.1. The quantitative estimate of drug-likeness (QED) is 0.850. The summed E-state index contributed by atoms with van der Waals surface area (Å²) in [6, 6.07) is 4.11. The molecule has 2 N–H and O–H groups in total. The Morgan fingerprint density at radius 2 is 2.24 bits per heavy atom. The van der Waals surface area contributed by atoms with Crippen LogP contribution in [0.2, 0.25) is 0 Å². The first kappa shape index (κ1) is 12.5. The molecule has 1 aliphatic heterocycles. The molecule has 0 spiro atoms. The minimum Gasteiger partial charge on any atom is -0.381 e. The van der Waals surface area contributed by atoms with Crippen molar-refractivity contribution in [2.75, 3.05) is 20.2 Å². The zero-order chi connectivity index (χ0) is 12.1. The number of ether oxygens (including phenoxy) is 1. The topological polar surface area (TPSA) is 51.4 Å². The van der Waals surface area contributed by atoms with E-state index in [1.807, 2.05) is 12.3 Å². The van der Waals surface area contributed by atoms with Gasteiger partial charge >= 0.3 is 0 Å². The third kappa shape index (κ3) is 3.25. The molecule has 4 heteroatoms. The monoisotopic (exact) mass is 235 g/mol. The Morgan fingerprint density at radius 3 is 2.88 bits per heavy atom. The van der Waals surface area contributed by atoms with Crippen LogP contribution in [0.15, 0.2) is 18.3 Å². The van der Waals surface area contributed by atoms with Crippen molar-refractivity contribution in [3.63, 3.8) is 0 Å². The molecule has 2 heterocycles. The van der Waals surface area contributed by atoms with Crippen molar-refractivity contribution < 1.29 is 4.74 Å². The number of methoxy groups -OCH3 is 1. The summed E-state index contributed by atoms with van der Waals surface area (Å²) in [5.74, 6) is 0. The largest absolute Gasteiger partial charge is 0.381 e. The first-order valence-corrected chi connectivity index (χ1v) is 6.21. The van der Waals surface area contributed by atoms with Gasteiger partial charge in [0.1, 0.15) is 0 Å². The number of rotatable bonds is 4. The van der Waals surface area contributed by atoms with E-state index in [1.165, 1.54) is 5.56 Å². The molecule has 4 nitrogen and oxygen atoms in total. The van der Waals surface area contributed by atoms with Crippen LogP contribution in [-0.2, 0) is 17.8 Å². The Morgan fingerprint density at radius 1 is 1.47 bits per heavy atom. The maximum absolute atomic E-state index is 5.70. The highest BCUT2D eigenvalue weighted by Crippen LogP contribution is 2.16. The fourth-order valence-corrected chi connectivity index (χ4v) is 2.34. The van der Waals surface area contributed by atoms with Gasteiger partial charge in [-0.2, -0.15) is 0 Å². The summed E-state index contributed by atoms with van der Waals surface area (Å²) in [7, 11) is 1.80. The van der Waals surface area contributed by atoms with Crippen molar-refractivity contribution in [1.29, 1.82) is 0 Å². The van der Waals surface area contributed by atoms with Crippen molar-refractivity contribution in [1.82, 2.24) is 9.88 Å². The number of piperidine rings is 1.